The fourth-order valence-corrected chi connectivity index (χ4v) is 11.1. The Morgan fingerprint density at radius 3 is 2.18 bits per heavy atom. The van der Waals surface area contributed by atoms with Crippen LogP contribution in [-0.4, -0.2) is 27.6 Å². The maximum Gasteiger partial charge on any atom is 0.216 e. The smallest absolute Gasteiger partial charge is 0.216 e. The molecule has 1 aliphatic carbocycles. The van der Waals surface area contributed by atoms with Crippen LogP contribution in [0.25, 0.3) is 72.6 Å². The van der Waals surface area contributed by atoms with Crippen LogP contribution >= 0.6 is 0 Å². The first-order chi connectivity index (χ1) is 31.1. The fraction of sp³-hybridized carbons (Fsp3) is 0.305. The Balaban J connectivity index is 0.000000228. The van der Waals surface area contributed by atoms with Gasteiger partial charge >= 0.3 is 0 Å². The predicted molar refractivity (Wildman–Crippen MR) is 275 cm³/mol. The average molecular weight is 1060 g/mol. The number of nitrogens with zero attached hydrogens (tertiary/aromatic N) is 4. The number of pyridine rings is 2. The largest absolute Gasteiger partial charge is 0.486 e. The molecule has 66 heavy (non-hydrogen) atoms. The SMILES string of the molecule is CC(C)(C)Cc1cc(-c2[c-]cccc2)ncc1[Si](C)(C)C.CC(C)(C)c1ccc(-n2c(-c3[c-]ccc4c3oc3nc(C5CCCCC5)ccc34)nc3ccccc32)c(-c2ccccc2)c1.[Ir]. The van der Waals surface area contributed by atoms with Crippen LogP contribution in [0.4, 0.5) is 0 Å². The molecule has 0 atom stereocenters. The Morgan fingerprint density at radius 1 is 0.727 bits per heavy atom. The zero-order chi connectivity index (χ0) is 45.5. The summed E-state index contributed by atoms with van der Waals surface area (Å²) in [5.74, 6) is 1.33. The molecule has 0 saturated heterocycles. The molecule has 7 heteroatoms. The van der Waals surface area contributed by atoms with Crippen LogP contribution in [0.15, 0.2) is 138 Å². The van der Waals surface area contributed by atoms with Crippen molar-refractivity contribution < 1.29 is 24.5 Å². The molecule has 4 heterocycles. The zero-order valence-corrected chi connectivity index (χ0v) is 43.4. The number of imidazole rings is 1. The topological polar surface area (TPSA) is 56.7 Å². The van der Waals surface area contributed by atoms with Gasteiger partial charge in [0.05, 0.1) is 30.5 Å². The number of furan rings is 1. The summed E-state index contributed by atoms with van der Waals surface area (Å²) in [5.41, 5.74) is 14.0. The van der Waals surface area contributed by atoms with Crippen LogP contribution in [0.1, 0.15) is 96.4 Å². The van der Waals surface area contributed by atoms with E-state index in [0.717, 1.165) is 73.4 Å². The normalized spacial score (nSPS) is 13.7. The van der Waals surface area contributed by atoms with Gasteiger partial charge in [0.2, 0.25) is 5.71 Å². The van der Waals surface area contributed by atoms with Crippen LogP contribution in [0, 0.1) is 17.5 Å². The molecule has 0 aliphatic heterocycles. The standard InChI is InChI=1S/C40H36N3O.C19H26NSi.Ir/c1-40(2,3)28-21-24-35(32(25-28)26-13-6-4-7-14-26)43-36-20-11-10-19-34(36)41-38(43)31-18-12-17-29-30-22-23-33(27-15-8-5-9-16-27)42-39(30)44-37(29)31;1-19(2,3)13-16-12-17(15-10-8-7-9-11-15)20-14-18(16)21(4,5)6;/h4,6-7,10-14,17,19-25,27H,5,8-9,15-16H2,1-3H3;7-10,12,14H,13H2,1-6H3;/q2*-1;. The molecule has 0 unspecified atom stereocenters. The molecule has 0 amide bonds. The van der Waals surface area contributed by atoms with E-state index >= 15 is 0 Å². The second-order valence-electron chi connectivity index (χ2n) is 21.2. The summed E-state index contributed by atoms with van der Waals surface area (Å²) < 4.78 is 8.92. The second kappa shape index (κ2) is 19.0. The first-order valence-electron chi connectivity index (χ1n) is 23.5. The number of rotatable bonds is 7. The maximum absolute atomic E-state index is 6.64. The monoisotopic (exact) mass is 1060 g/mol. The minimum Gasteiger partial charge on any atom is -0.486 e. The third-order valence-electron chi connectivity index (χ3n) is 12.8. The predicted octanol–water partition coefficient (Wildman–Crippen LogP) is 15.5. The minimum absolute atomic E-state index is 0. The second-order valence-corrected chi connectivity index (χ2v) is 26.3. The van der Waals surface area contributed by atoms with Crippen molar-refractivity contribution in [2.45, 2.75) is 111 Å². The average Bonchev–Trinajstić information content (AvgIpc) is 3.87. The summed E-state index contributed by atoms with van der Waals surface area (Å²) in [6.45, 7) is 20.9. The summed E-state index contributed by atoms with van der Waals surface area (Å²) >= 11 is 0. The van der Waals surface area contributed by atoms with E-state index in [0.29, 0.717) is 11.6 Å². The van der Waals surface area contributed by atoms with Gasteiger partial charge in [0.15, 0.2) is 0 Å². The van der Waals surface area contributed by atoms with Crippen LogP contribution in [0.3, 0.4) is 0 Å². The van der Waals surface area contributed by atoms with Gasteiger partial charge in [-0.3, -0.25) is 4.98 Å². The van der Waals surface area contributed by atoms with Crippen molar-refractivity contribution in [3.63, 3.8) is 0 Å². The van der Waals surface area contributed by atoms with Gasteiger partial charge < -0.3 is 14.0 Å². The molecule has 0 N–H and O–H groups in total. The molecule has 1 aliphatic rings. The summed E-state index contributed by atoms with van der Waals surface area (Å²) in [4.78, 5) is 15.0. The molecule has 5 aromatic carbocycles. The van der Waals surface area contributed by atoms with Gasteiger partial charge in [0.25, 0.3) is 0 Å². The zero-order valence-electron chi connectivity index (χ0n) is 40.1. The molecule has 5 nitrogen and oxygen atoms in total. The van der Waals surface area contributed by atoms with Crippen molar-refractivity contribution in [2.24, 2.45) is 5.41 Å². The third kappa shape index (κ3) is 9.95. The Hall–Kier alpha value is -5.46. The summed E-state index contributed by atoms with van der Waals surface area (Å²) in [5, 5.41) is 3.57. The van der Waals surface area contributed by atoms with E-state index < -0.39 is 8.07 Å². The van der Waals surface area contributed by atoms with Gasteiger partial charge in [0, 0.05) is 54.6 Å². The van der Waals surface area contributed by atoms with Crippen molar-refractivity contribution >= 4 is 46.4 Å². The fourth-order valence-electron chi connectivity index (χ4n) is 9.50. The summed E-state index contributed by atoms with van der Waals surface area (Å²) in [6, 6.07) is 51.5. The Morgan fingerprint density at radius 2 is 1.47 bits per heavy atom. The minimum atomic E-state index is -1.37. The number of benzene rings is 5. The van der Waals surface area contributed by atoms with E-state index in [1.807, 2.05) is 30.3 Å². The molecule has 0 bridgehead atoms. The molecule has 1 saturated carbocycles. The van der Waals surface area contributed by atoms with Crippen molar-refractivity contribution in [3.8, 4) is 39.5 Å². The third-order valence-corrected chi connectivity index (χ3v) is 14.9. The molecule has 9 aromatic rings. The van der Waals surface area contributed by atoms with Crippen LogP contribution in [0.5, 0.6) is 0 Å². The quantitative estimate of drug-likeness (QED) is 0.118. The van der Waals surface area contributed by atoms with Crippen molar-refractivity contribution in [2.75, 3.05) is 0 Å². The van der Waals surface area contributed by atoms with Gasteiger partial charge in [-0.1, -0.05) is 152 Å². The van der Waals surface area contributed by atoms with Crippen LogP contribution in [0.2, 0.25) is 19.6 Å². The maximum atomic E-state index is 6.64. The van der Waals surface area contributed by atoms with E-state index in [-0.39, 0.29) is 30.9 Å². The van der Waals surface area contributed by atoms with E-state index in [9.17, 15) is 0 Å². The first kappa shape index (κ1) is 47.0. The molecular weight excluding hydrogens is 1000 g/mol. The van der Waals surface area contributed by atoms with E-state index in [4.69, 9.17) is 19.4 Å². The number of hydrogen-bond donors (Lipinski definition) is 0. The molecular formula is C59H62IrN4OSi-2. The van der Waals surface area contributed by atoms with Crippen LogP contribution < -0.4 is 5.19 Å². The van der Waals surface area contributed by atoms with Gasteiger partial charge in [-0.2, -0.15) is 0 Å². The van der Waals surface area contributed by atoms with Crippen molar-refractivity contribution in [3.05, 3.63) is 163 Å². The van der Waals surface area contributed by atoms with Crippen molar-refractivity contribution in [1.82, 2.24) is 19.5 Å². The Kier molecular flexibility index (Phi) is 13.6. The number of aromatic nitrogens is 4. The van der Waals surface area contributed by atoms with Gasteiger partial charge in [-0.15, -0.1) is 54.1 Å². The van der Waals surface area contributed by atoms with E-state index in [2.05, 4.69) is 181 Å². The number of para-hydroxylation sites is 2. The van der Waals surface area contributed by atoms with Gasteiger partial charge in [-0.25, -0.2) is 4.98 Å². The van der Waals surface area contributed by atoms with Crippen molar-refractivity contribution in [1.29, 1.82) is 0 Å². The molecule has 339 valence electrons. The number of fused-ring (bicyclic) bond motifs is 4. The Bertz CT molecular complexity index is 3110. The van der Waals surface area contributed by atoms with Gasteiger partial charge in [-0.05, 0) is 88.5 Å². The molecule has 1 fully saturated rings. The number of hydrogen-bond acceptors (Lipinski definition) is 4. The molecule has 0 spiro atoms. The molecule has 4 aromatic heterocycles. The van der Waals surface area contributed by atoms with E-state index in [1.54, 1.807) is 0 Å². The summed E-state index contributed by atoms with van der Waals surface area (Å²) in [6.07, 6.45) is 9.51. The van der Waals surface area contributed by atoms with Gasteiger partial charge in [0.1, 0.15) is 0 Å². The Labute approximate surface area is 406 Å². The summed E-state index contributed by atoms with van der Waals surface area (Å²) in [7, 11) is -1.37. The van der Waals surface area contributed by atoms with E-state index in [1.165, 1.54) is 54.0 Å². The molecule has 1 radical (unpaired) electrons. The molecule has 10 rings (SSSR count). The van der Waals surface area contributed by atoms with Crippen LogP contribution in [-0.2, 0) is 31.9 Å². The first-order valence-corrected chi connectivity index (χ1v) is 27.0.